The van der Waals surface area contributed by atoms with Crippen LogP contribution in [0.4, 0.5) is 4.79 Å². The van der Waals surface area contributed by atoms with Crippen molar-refractivity contribution in [2.45, 2.75) is 25.8 Å². The summed E-state index contributed by atoms with van der Waals surface area (Å²) in [6, 6.07) is -1.47. The minimum Gasteiger partial charge on any atom is -0.480 e. The zero-order valence-corrected chi connectivity index (χ0v) is 10.7. The Kier molecular flexibility index (Phi) is 6.14. The molecule has 0 saturated heterocycles. The lowest BCUT2D eigenvalue weighted by Crippen LogP contribution is -2.47. The maximum Gasteiger partial charge on any atom is 0.326 e. The number of rotatable bonds is 7. The van der Waals surface area contributed by atoms with Crippen LogP contribution in [0.3, 0.4) is 0 Å². The van der Waals surface area contributed by atoms with Gasteiger partial charge in [-0.2, -0.15) is 0 Å². The highest BCUT2D eigenvalue weighted by atomic mass is 16.4. The Hall–Kier alpha value is -2.31. The van der Waals surface area contributed by atoms with Gasteiger partial charge in [-0.15, -0.1) is 0 Å². The lowest BCUT2D eigenvalue weighted by atomic mass is 10.2. The maximum atomic E-state index is 11.5. The maximum absolute atomic E-state index is 11.5. The van der Waals surface area contributed by atoms with Crippen molar-refractivity contribution in [3.8, 4) is 0 Å². The summed E-state index contributed by atoms with van der Waals surface area (Å²) in [7, 11) is 0. The average Bonchev–Trinajstić information content (AvgIpc) is 2.86. The number of imidazole rings is 1. The SMILES string of the molecule is C/C=C/CCNC(=O)N[C@@H](Cc1cnc[nH]1)C(=O)O. The van der Waals surface area contributed by atoms with Gasteiger partial charge in [-0.1, -0.05) is 12.2 Å². The summed E-state index contributed by atoms with van der Waals surface area (Å²) < 4.78 is 0. The van der Waals surface area contributed by atoms with Gasteiger partial charge in [-0.3, -0.25) is 0 Å². The molecule has 104 valence electrons. The van der Waals surface area contributed by atoms with Crippen LogP contribution < -0.4 is 10.6 Å². The Balaban J connectivity index is 2.40. The molecular formula is C12H18N4O3. The summed E-state index contributed by atoms with van der Waals surface area (Å²) in [5.41, 5.74) is 0.654. The third-order valence-electron chi connectivity index (χ3n) is 2.41. The average molecular weight is 266 g/mol. The number of aromatic nitrogens is 2. The molecule has 2 amide bonds. The number of aromatic amines is 1. The van der Waals surface area contributed by atoms with Gasteiger partial charge in [0.1, 0.15) is 6.04 Å². The number of nitrogens with one attached hydrogen (secondary N) is 3. The summed E-state index contributed by atoms with van der Waals surface area (Å²) in [5, 5.41) is 14.0. The molecule has 7 heteroatoms. The molecule has 0 aromatic carbocycles. The van der Waals surface area contributed by atoms with Crippen LogP contribution in [0, 0.1) is 0 Å². The molecule has 0 fully saturated rings. The Labute approximate surface area is 111 Å². The first-order valence-corrected chi connectivity index (χ1v) is 5.99. The number of H-pyrrole nitrogens is 1. The van der Waals surface area contributed by atoms with E-state index in [2.05, 4.69) is 20.6 Å². The third-order valence-corrected chi connectivity index (χ3v) is 2.41. The number of carbonyl (C=O) groups is 2. The van der Waals surface area contributed by atoms with E-state index in [-0.39, 0.29) is 6.42 Å². The second kappa shape index (κ2) is 7.91. The Morgan fingerprint density at radius 2 is 2.37 bits per heavy atom. The van der Waals surface area contributed by atoms with Crippen molar-refractivity contribution in [3.05, 3.63) is 30.4 Å². The minimum absolute atomic E-state index is 0.164. The molecule has 0 aliphatic heterocycles. The van der Waals surface area contributed by atoms with Crippen molar-refractivity contribution in [2.24, 2.45) is 0 Å². The van der Waals surface area contributed by atoms with Gasteiger partial charge in [0.2, 0.25) is 0 Å². The van der Waals surface area contributed by atoms with Crippen molar-refractivity contribution < 1.29 is 14.7 Å². The summed E-state index contributed by atoms with van der Waals surface area (Å²) in [5.74, 6) is -1.08. The number of carboxylic acids is 1. The number of urea groups is 1. The molecular weight excluding hydrogens is 248 g/mol. The largest absolute Gasteiger partial charge is 0.480 e. The molecule has 0 aliphatic carbocycles. The van der Waals surface area contributed by atoms with E-state index in [4.69, 9.17) is 5.11 Å². The van der Waals surface area contributed by atoms with Crippen molar-refractivity contribution in [3.63, 3.8) is 0 Å². The zero-order valence-electron chi connectivity index (χ0n) is 10.7. The second-order valence-corrected chi connectivity index (χ2v) is 3.93. The van der Waals surface area contributed by atoms with E-state index >= 15 is 0 Å². The summed E-state index contributed by atoms with van der Waals surface area (Å²) in [6.45, 7) is 2.36. The second-order valence-electron chi connectivity index (χ2n) is 3.93. The van der Waals surface area contributed by atoms with Gasteiger partial charge in [-0.05, 0) is 13.3 Å². The third kappa shape index (κ3) is 5.71. The van der Waals surface area contributed by atoms with Crippen LogP contribution >= 0.6 is 0 Å². The molecule has 0 bridgehead atoms. The summed E-state index contributed by atoms with van der Waals surface area (Å²) in [6.07, 6.45) is 7.67. The topological polar surface area (TPSA) is 107 Å². The molecule has 0 radical (unpaired) electrons. The number of carboxylic acid groups (broad SMARTS) is 1. The predicted molar refractivity (Wildman–Crippen MR) is 69.7 cm³/mol. The number of carbonyl (C=O) groups excluding carboxylic acids is 1. The Morgan fingerprint density at radius 3 is 2.95 bits per heavy atom. The predicted octanol–water partition coefficient (Wildman–Crippen LogP) is 0.671. The van der Waals surface area contributed by atoms with Crippen LogP contribution in [0.1, 0.15) is 19.0 Å². The fraction of sp³-hybridized carbons (Fsp3) is 0.417. The van der Waals surface area contributed by atoms with Crippen LogP contribution in [-0.4, -0.2) is 39.7 Å². The molecule has 4 N–H and O–H groups in total. The van der Waals surface area contributed by atoms with E-state index in [9.17, 15) is 9.59 Å². The molecule has 0 unspecified atom stereocenters. The molecule has 0 aliphatic rings. The number of allylic oxidation sites excluding steroid dienone is 1. The van der Waals surface area contributed by atoms with E-state index in [1.54, 1.807) is 0 Å². The molecule has 19 heavy (non-hydrogen) atoms. The van der Waals surface area contributed by atoms with Gasteiger partial charge in [0.15, 0.2) is 0 Å². The lowest BCUT2D eigenvalue weighted by Gasteiger charge is -2.14. The minimum atomic E-state index is -1.08. The molecule has 0 saturated carbocycles. The van der Waals surface area contributed by atoms with E-state index in [0.717, 1.165) is 0 Å². The first-order chi connectivity index (χ1) is 9.13. The van der Waals surface area contributed by atoms with E-state index in [0.29, 0.717) is 18.7 Å². The number of hydrogen-bond acceptors (Lipinski definition) is 3. The molecule has 1 aromatic heterocycles. The molecule has 1 rings (SSSR count). The Bertz CT molecular complexity index is 428. The van der Waals surface area contributed by atoms with Crippen LogP contribution in [0.2, 0.25) is 0 Å². The van der Waals surface area contributed by atoms with Crippen molar-refractivity contribution in [1.29, 1.82) is 0 Å². The van der Waals surface area contributed by atoms with Crippen molar-refractivity contribution in [1.82, 2.24) is 20.6 Å². The fourth-order valence-corrected chi connectivity index (χ4v) is 1.46. The Morgan fingerprint density at radius 1 is 1.58 bits per heavy atom. The first-order valence-electron chi connectivity index (χ1n) is 5.99. The highest BCUT2D eigenvalue weighted by molar-refractivity contribution is 5.82. The van der Waals surface area contributed by atoms with E-state index < -0.39 is 18.0 Å². The van der Waals surface area contributed by atoms with Crippen LogP contribution in [0.5, 0.6) is 0 Å². The summed E-state index contributed by atoms with van der Waals surface area (Å²) >= 11 is 0. The summed E-state index contributed by atoms with van der Waals surface area (Å²) in [4.78, 5) is 29.2. The normalized spacial score (nSPS) is 12.3. The van der Waals surface area contributed by atoms with Crippen molar-refractivity contribution >= 4 is 12.0 Å². The van der Waals surface area contributed by atoms with Gasteiger partial charge < -0.3 is 20.7 Å². The van der Waals surface area contributed by atoms with Gasteiger partial charge in [0.05, 0.1) is 6.33 Å². The fourth-order valence-electron chi connectivity index (χ4n) is 1.46. The van der Waals surface area contributed by atoms with Crippen LogP contribution in [-0.2, 0) is 11.2 Å². The molecule has 7 nitrogen and oxygen atoms in total. The zero-order chi connectivity index (χ0) is 14.1. The van der Waals surface area contributed by atoms with Gasteiger partial charge in [0, 0.05) is 24.9 Å². The molecule has 1 heterocycles. The van der Waals surface area contributed by atoms with Crippen LogP contribution in [0.25, 0.3) is 0 Å². The van der Waals surface area contributed by atoms with Gasteiger partial charge >= 0.3 is 12.0 Å². The van der Waals surface area contributed by atoms with E-state index in [1.165, 1.54) is 12.5 Å². The monoisotopic (exact) mass is 266 g/mol. The van der Waals surface area contributed by atoms with E-state index in [1.807, 2.05) is 19.1 Å². The molecule has 1 atom stereocenters. The number of nitrogens with zero attached hydrogens (tertiary/aromatic N) is 1. The quantitative estimate of drug-likeness (QED) is 0.430. The molecule has 1 aromatic rings. The smallest absolute Gasteiger partial charge is 0.326 e. The highest BCUT2D eigenvalue weighted by Crippen LogP contribution is 1.98. The highest BCUT2D eigenvalue weighted by Gasteiger charge is 2.20. The van der Waals surface area contributed by atoms with Gasteiger partial charge in [-0.25, -0.2) is 14.6 Å². The van der Waals surface area contributed by atoms with Crippen LogP contribution in [0.15, 0.2) is 24.7 Å². The lowest BCUT2D eigenvalue weighted by molar-refractivity contribution is -0.139. The standard InChI is InChI=1S/C12H18N4O3/c1-2-3-4-5-14-12(19)16-10(11(17)18)6-9-7-13-8-15-9/h2-3,7-8,10H,4-6H2,1H3,(H,13,15)(H,17,18)(H2,14,16,19)/b3-2+/t10-/m0/s1. The number of hydrogen-bond donors (Lipinski definition) is 4. The number of amides is 2. The number of aliphatic carboxylic acids is 1. The van der Waals surface area contributed by atoms with Gasteiger partial charge in [0.25, 0.3) is 0 Å². The van der Waals surface area contributed by atoms with Crippen molar-refractivity contribution in [2.75, 3.05) is 6.54 Å². The first kappa shape index (κ1) is 14.7. The molecule has 0 spiro atoms.